The van der Waals surface area contributed by atoms with E-state index in [0.717, 1.165) is 6.42 Å². The summed E-state index contributed by atoms with van der Waals surface area (Å²) in [7, 11) is 0. The zero-order chi connectivity index (χ0) is 7.28. The van der Waals surface area contributed by atoms with Gasteiger partial charge in [-0.25, -0.2) is 0 Å². The molecule has 0 spiro atoms. The second kappa shape index (κ2) is 4.13. The summed E-state index contributed by atoms with van der Waals surface area (Å²) in [6, 6.07) is 0. The number of hydrogen-bond acceptors (Lipinski definition) is 1. The van der Waals surface area contributed by atoms with Crippen molar-refractivity contribution < 1.29 is 9.90 Å². The first kappa shape index (κ1) is 8.21. The van der Waals surface area contributed by atoms with E-state index in [0.29, 0.717) is 0 Å². The van der Waals surface area contributed by atoms with E-state index < -0.39 is 5.97 Å². The predicted molar refractivity (Wildman–Crippen MR) is 36.2 cm³/mol. The Hall–Kier alpha value is -0.790. The van der Waals surface area contributed by atoms with E-state index in [1.165, 1.54) is 0 Å². The highest BCUT2D eigenvalue weighted by atomic mass is 16.4. The highest BCUT2D eigenvalue weighted by Crippen LogP contribution is 2.06. The molecule has 0 aliphatic rings. The molecule has 0 amide bonds. The molecular formula is C7H12O2. The first-order valence-electron chi connectivity index (χ1n) is 2.99. The second-order valence-electron chi connectivity index (χ2n) is 2.23. The molecule has 52 valence electrons. The largest absolute Gasteiger partial charge is 0.481 e. The Morgan fingerprint density at radius 2 is 2.44 bits per heavy atom. The lowest BCUT2D eigenvalue weighted by Crippen LogP contribution is -2.02. The molecule has 0 saturated carbocycles. The highest BCUT2D eigenvalue weighted by molar-refractivity contribution is 5.66. The van der Waals surface area contributed by atoms with Crippen LogP contribution in [0.3, 0.4) is 0 Å². The molecule has 1 N–H and O–H groups in total. The van der Waals surface area contributed by atoms with Crippen molar-refractivity contribution in [2.24, 2.45) is 5.92 Å². The normalized spacial score (nSPS) is 12.6. The van der Waals surface area contributed by atoms with Crippen LogP contribution in [0.1, 0.15) is 19.8 Å². The first-order chi connectivity index (χ1) is 4.16. The summed E-state index contributed by atoms with van der Waals surface area (Å²) in [4.78, 5) is 10.1. The summed E-state index contributed by atoms with van der Waals surface area (Å²) in [5.41, 5.74) is 0. The van der Waals surface area contributed by atoms with Crippen LogP contribution in [0, 0.1) is 5.92 Å². The van der Waals surface area contributed by atoms with Gasteiger partial charge in [0.25, 0.3) is 0 Å². The number of rotatable bonds is 4. The van der Waals surface area contributed by atoms with Crippen LogP contribution in [-0.4, -0.2) is 11.1 Å². The molecule has 9 heavy (non-hydrogen) atoms. The number of aliphatic carboxylic acids is 1. The maximum absolute atomic E-state index is 10.1. The average molecular weight is 128 g/mol. The SMILES string of the molecule is C=CC[C@H](C)CC(=O)O. The van der Waals surface area contributed by atoms with E-state index >= 15 is 0 Å². The molecule has 0 unspecified atom stereocenters. The Kier molecular flexibility index (Phi) is 3.76. The maximum Gasteiger partial charge on any atom is 0.303 e. The molecule has 0 aromatic rings. The zero-order valence-electron chi connectivity index (χ0n) is 5.63. The zero-order valence-corrected chi connectivity index (χ0v) is 5.63. The van der Waals surface area contributed by atoms with Crippen molar-refractivity contribution in [3.63, 3.8) is 0 Å². The van der Waals surface area contributed by atoms with Gasteiger partial charge in [-0.05, 0) is 12.3 Å². The topological polar surface area (TPSA) is 37.3 Å². The fraction of sp³-hybridized carbons (Fsp3) is 0.571. The molecule has 0 aliphatic heterocycles. The molecule has 0 fully saturated rings. The number of carboxylic acids is 1. The number of carbonyl (C=O) groups is 1. The van der Waals surface area contributed by atoms with Gasteiger partial charge >= 0.3 is 5.97 Å². The van der Waals surface area contributed by atoms with Crippen LogP contribution in [0.15, 0.2) is 12.7 Å². The highest BCUT2D eigenvalue weighted by Gasteiger charge is 2.03. The number of allylic oxidation sites excluding steroid dienone is 1. The van der Waals surface area contributed by atoms with Crippen molar-refractivity contribution in [1.82, 2.24) is 0 Å². The number of hydrogen-bond donors (Lipinski definition) is 1. The fourth-order valence-corrected chi connectivity index (χ4v) is 0.666. The molecule has 0 saturated heterocycles. The lowest BCUT2D eigenvalue weighted by molar-refractivity contribution is -0.137. The van der Waals surface area contributed by atoms with Gasteiger partial charge in [-0.2, -0.15) is 0 Å². The van der Waals surface area contributed by atoms with Crippen molar-refractivity contribution in [2.75, 3.05) is 0 Å². The molecule has 0 bridgehead atoms. The van der Waals surface area contributed by atoms with Crippen LogP contribution in [0.4, 0.5) is 0 Å². The van der Waals surface area contributed by atoms with E-state index in [2.05, 4.69) is 6.58 Å². The van der Waals surface area contributed by atoms with Crippen LogP contribution in [-0.2, 0) is 4.79 Å². The van der Waals surface area contributed by atoms with E-state index in [1.807, 2.05) is 6.92 Å². The second-order valence-corrected chi connectivity index (χ2v) is 2.23. The quantitative estimate of drug-likeness (QED) is 0.585. The summed E-state index contributed by atoms with van der Waals surface area (Å²) in [5, 5.41) is 8.28. The van der Waals surface area contributed by atoms with Crippen LogP contribution < -0.4 is 0 Å². The Morgan fingerprint density at radius 3 is 2.78 bits per heavy atom. The van der Waals surface area contributed by atoms with Gasteiger partial charge in [0.1, 0.15) is 0 Å². The van der Waals surface area contributed by atoms with Gasteiger partial charge < -0.3 is 5.11 Å². The van der Waals surface area contributed by atoms with Gasteiger partial charge in [-0.3, -0.25) is 4.79 Å². The van der Waals surface area contributed by atoms with Crippen molar-refractivity contribution in [2.45, 2.75) is 19.8 Å². The summed E-state index contributed by atoms with van der Waals surface area (Å²) in [5.74, 6) is -0.510. The van der Waals surface area contributed by atoms with Crippen LogP contribution in [0.25, 0.3) is 0 Å². The van der Waals surface area contributed by atoms with E-state index in [9.17, 15) is 4.79 Å². The smallest absolute Gasteiger partial charge is 0.303 e. The summed E-state index contributed by atoms with van der Waals surface area (Å²) in [6.07, 6.45) is 2.77. The molecule has 0 radical (unpaired) electrons. The van der Waals surface area contributed by atoms with Gasteiger partial charge in [0.15, 0.2) is 0 Å². The fourth-order valence-electron chi connectivity index (χ4n) is 0.666. The third-order valence-electron chi connectivity index (χ3n) is 1.09. The van der Waals surface area contributed by atoms with Gasteiger partial charge in [-0.1, -0.05) is 13.0 Å². The maximum atomic E-state index is 10.1. The Labute approximate surface area is 55.2 Å². The monoisotopic (exact) mass is 128 g/mol. The molecule has 0 aromatic heterocycles. The molecule has 0 aliphatic carbocycles. The van der Waals surface area contributed by atoms with Crippen LogP contribution >= 0.6 is 0 Å². The van der Waals surface area contributed by atoms with E-state index in [1.54, 1.807) is 6.08 Å². The molecule has 1 atom stereocenters. The molecule has 2 heteroatoms. The van der Waals surface area contributed by atoms with Crippen molar-refractivity contribution in [3.8, 4) is 0 Å². The lowest BCUT2D eigenvalue weighted by Gasteiger charge is -2.01. The van der Waals surface area contributed by atoms with Gasteiger partial charge in [-0.15, -0.1) is 6.58 Å². The van der Waals surface area contributed by atoms with Crippen LogP contribution in [0.2, 0.25) is 0 Å². The Balaban J connectivity index is 3.37. The van der Waals surface area contributed by atoms with Gasteiger partial charge in [0.2, 0.25) is 0 Å². The predicted octanol–water partition coefficient (Wildman–Crippen LogP) is 1.67. The Bertz CT molecular complexity index is 107. The number of carboxylic acid groups (broad SMARTS) is 1. The van der Waals surface area contributed by atoms with Crippen molar-refractivity contribution >= 4 is 5.97 Å². The van der Waals surface area contributed by atoms with Gasteiger partial charge in [0, 0.05) is 6.42 Å². The van der Waals surface area contributed by atoms with E-state index in [4.69, 9.17) is 5.11 Å². The van der Waals surface area contributed by atoms with Crippen LogP contribution in [0.5, 0.6) is 0 Å². The summed E-state index contributed by atoms with van der Waals surface area (Å²) < 4.78 is 0. The minimum atomic E-state index is -0.732. The standard InChI is InChI=1S/C7H12O2/c1-3-4-6(2)5-7(8)9/h3,6H,1,4-5H2,2H3,(H,8,9)/t6-/m0/s1. The molecule has 2 nitrogen and oxygen atoms in total. The molecular weight excluding hydrogens is 116 g/mol. The van der Waals surface area contributed by atoms with E-state index in [-0.39, 0.29) is 12.3 Å². The molecule has 0 rings (SSSR count). The first-order valence-corrected chi connectivity index (χ1v) is 2.99. The molecule has 0 heterocycles. The summed E-state index contributed by atoms with van der Waals surface area (Å²) >= 11 is 0. The minimum absolute atomic E-state index is 0.222. The van der Waals surface area contributed by atoms with Crippen molar-refractivity contribution in [3.05, 3.63) is 12.7 Å². The Morgan fingerprint density at radius 1 is 1.89 bits per heavy atom. The average Bonchev–Trinajstić information content (AvgIpc) is 1.63. The lowest BCUT2D eigenvalue weighted by atomic mass is 10.0. The van der Waals surface area contributed by atoms with Crippen molar-refractivity contribution in [1.29, 1.82) is 0 Å². The third-order valence-corrected chi connectivity index (χ3v) is 1.09. The molecule has 0 aromatic carbocycles. The van der Waals surface area contributed by atoms with Gasteiger partial charge in [0.05, 0.1) is 0 Å². The third kappa shape index (κ3) is 5.07. The summed E-state index contributed by atoms with van der Waals surface area (Å²) in [6.45, 7) is 5.41. The minimum Gasteiger partial charge on any atom is -0.481 e.